The number of carboxylic acids is 1. The Bertz CT molecular complexity index is 388. The number of carboxylic acid groups (broad SMARTS) is 1. The molecule has 0 spiro atoms. The summed E-state index contributed by atoms with van der Waals surface area (Å²) in [7, 11) is 0. The lowest BCUT2D eigenvalue weighted by Gasteiger charge is -2.36. The molecule has 2 nitrogen and oxygen atoms in total. The van der Waals surface area contributed by atoms with Crippen LogP contribution < -0.4 is 0 Å². The van der Waals surface area contributed by atoms with Gasteiger partial charge in [-0.05, 0) is 37.5 Å². The Morgan fingerprint density at radius 3 is 2.67 bits per heavy atom. The predicted molar refractivity (Wildman–Crippen MR) is 61.5 cm³/mol. The third-order valence-electron chi connectivity index (χ3n) is 2.66. The van der Waals surface area contributed by atoms with Crippen molar-refractivity contribution < 1.29 is 9.90 Å². The average Bonchev–Trinajstić information content (AvgIpc) is 2.11. The van der Waals surface area contributed by atoms with E-state index in [1.54, 1.807) is 6.07 Å². The van der Waals surface area contributed by atoms with E-state index in [-0.39, 0.29) is 0 Å². The summed E-state index contributed by atoms with van der Waals surface area (Å²) in [5.41, 5.74) is 0. The summed E-state index contributed by atoms with van der Waals surface area (Å²) >= 11 is 7.27. The highest BCUT2D eigenvalue weighted by molar-refractivity contribution is 8.01. The largest absolute Gasteiger partial charge is 0.480 e. The first-order chi connectivity index (χ1) is 7.12. The lowest BCUT2D eigenvalue weighted by molar-refractivity contribution is -0.142. The average molecular weight is 243 g/mol. The van der Waals surface area contributed by atoms with Crippen LogP contribution in [0.2, 0.25) is 5.02 Å². The van der Waals surface area contributed by atoms with Crippen molar-refractivity contribution >= 4 is 29.3 Å². The number of halogens is 1. The van der Waals surface area contributed by atoms with Gasteiger partial charge in [-0.25, -0.2) is 0 Å². The molecule has 0 radical (unpaired) electrons. The third kappa shape index (κ3) is 2.13. The van der Waals surface area contributed by atoms with Gasteiger partial charge in [-0.15, -0.1) is 11.8 Å². The van der Waals surface area contributed by atoms with Crippen LogP contribution in [0.3, 0.4) is 0 Å². The summed E-state index contributed by atoms with van der Waals surface area (Å²) in [6.45, 7) is 0. The van der Waals surface area contributed by atoms with Gasteiger partial charge in [0.1, 0.15) is 4.75 Å². The van der Waals surface area contributed by atoms with E-state index < -0.39 is 10.7 Å². The van der Waals surface area contributed by atoms with Gasteiger partial charge in [-0.2, -0.15) is 0 Å². The van der Waals surface area contributed by atoms with E-state index in [9.17, 15) is 4.79 Å². The number of rotatable bonds is 3. The fourth-order valence-corrected chi connectivity index (χ4v) is 3.23. The molecular formula is C11H11ClO2S. The van der Waals surface area contributed by atoms with E-state index in [1.165, 1.54) is 11.8 Å². The van der Waals surface area contributed by atoms with Crippen LogP contribution in [-0.4, -0.2) is 15.8 Å². The Morgan fingerprint density at radius 1 is 1.47 bits per heavy atom. The van der Waals surface area contributed by atoms with Crippen molar-refractivity contribution in [2.45, 2.75) is 28.9 Å². The van der Waals surface area contributed by atoms with Gasteiger partial charge in [0, 0.05) is 9.92 Å². The first kappa shape index (κ1) is 10.8. The molecule has 0 aromatic heterocycles. The fourth-order valence-electron chi connectivity index (χ4n) is 1.61. The molecule has 1 fully saturated rings. The van der Waals surface area contributed by atoms with Gasteiger partial charge in [-0.1, -0.05) is 17.7 Å². The van der Waals surface area contributed by atoms with Crippen molar-refractivity contribution in [2.75, 3.05) is 0 Å². The van der Waals surface area contributed by atoms with E-state index in [0.717, 1.165) is 24.2 Å². The number of aliphatic carboxylic acids is 1. The normalized spacial score (nSPS) is 18.2. The molecule has 1 N–H and O–H groups in total. The Balaban J connectivity index is 2.17. The minimum Gasteiger partial charge on any atom is -0.480 e. The second kappa shape index (κ2) is 4.06. The molecule has 0 amide bonds. The molecular weight excluding hydrogens is 232 g/mol. The molecule has 2 rings (SSSR count). The molecule has 80 valence electrons. The van der Waals surface area contributed by atoms with E-state index in [1.807, 2.05) is 18.2 Å². The number of thioether (sulfide) groups is 1. The van der Waals surface area contributed by atoms with Gasteiger partial charge in [0.25, 0.3) is 0 Å². The third-order valence-corrected chi connectivity index (χ3v) is 4.36. The van der Waals surface area contributed by atoms with Crippen LogP contribution in [0.4, 0.5) is 0 Å². The second-order valence-corrected chi connectivity index (χ2v) is 5.61. The molecule has 1 aromatic rings. The van der Waals surface area contributed by atoms with Crippen molar-refractivity contribution in [3.63, 3.8) is 0 Å². The van der Waals surface area contributed by atoms with Crippen molar-refractivity contribution in [3.05, 3.63) is 29.3 Å². The highest BCUT2D eigenvalue weighted by Crippen LogP contribution is 2.48. The highest BCUT2D eigenvalue weighted by atomic mass is 35.5. The highest BCUT2D eigenvalue weighted by Gasteiger charge is 2.45. The standard InChI is InChI=1S/C11H11ClO2S/c12-8-3-1-4-9(7-8)15-11(10(13)14)5-2-6-11/h1,3-4,7H,2,5-6H2,(H,13,14). The molecule has 1 aromatic carbocycles. The van der Waals surface area contributed by atoms with Crippen molar-refractivity contribution in [1.82, 2.24) is 0 Å². The fraction of sp³-hybridized carbons (Fsp3) is 0.364. The number of carbonyl (C=O) groups is 1. The quantitative estimate of drug-likeness (QED) is 0.882. The van der Waals surface area contributed by atoms with Crippen molar-refractivity contribution in [1.29, 1.82) is 0 Å². The maximum Gasteiger partial charge on any atom is 0.320 e. The lowest BCUT2D eigenvalue weighted by Crippen LogP contribution is -2.41. The molecule has 1 aliphatic rings. The maximum atomic E-state index is 11.1. The minimum absolute atomic E-state index is 0.606. The monoisotopic (exact) mass is 242 g/mol. The summed E-state index contributed by atoms with van der Waals surface area (Å²) in [6, 6.07) is 7.35. The van der Waals surface area contributed by atoms with Gasteiger partial charge >= 0.3 is 5.97 Å². The van der Waals surface area contributed by atoms with Gasteiger partial charge in [0.2, 0.25) is 0 Å². The topological polar surface area (TPSA) is 37.3 Å². The smallest absolute Gasteiger partial charge is 0.320 e. The molecule has 0 unspecified atom stereocenters. The van der Waals surface area contributed by atoms with Crippen LogP contribution in [0.25, 0.3) is 0 Å². The van der Waals surface area contributed by atoms with Crippen molar-refractivity contribution in [2.24, 2.45) is 0 Å². The second-order valence-electron chi connectivity index (χ2n) is 3.71. The van der Waals surface area contributed by atoms with Crippen molar-refractivity contribution in [3.8, 4) is 0 Å². The summed E-state index contributed by atoms with van der Waals surface area (Å²) in [4.78, 5) is 12.1. The number of hydrogen-bond acceptors (Lipinski definition) is 2. The van der Waals surface area contributed by atoms with Crippen LogP contribution in [0.15, 0.2) is 29.2 Å². The van der Waals surface area contributed by atoms with Crippen LogP contribution in [0.5, 0.6) is 0 Å². The summed E-state index contributed by atoms with van der Waals surface area (Å²) in [5, 5.41) is 9.81. The molecule has 0 aliphatic heterocycles. The molecule has 4 heteroatoms. The minimum atomic E-state index is -0.710. The van der Waals surface area contributed by atoms with E-state index in [4.69, 9.17) is 16.7 Å². The Hall–Kier alpha value is -0.670. The number of hydrogen-bond donors (Lipinski definition) is 1. The molecule has 0 saturated heterocycles. The predicted octanol–water partition coefficient (Wildman–Crippen LogP) is 3.44. The Kier molecular flexibility index (Phi) is 2.94. The molecule has 1 aliphatic carbocycles. The zero-order valence-electron chi connectivity index (χ0n) is 8.07. The van der Waals surface area contributed by atoms with Crippen LogP contribution in [-0.2, 0) is 4.79 Å². The van der Waals surface area contributed by atoms with Gasteiger partial charge in [0.05, 0.1) is 0 Å². The molecule has 0 bridgehead atoms. The lowest BCUT2D eigenvalue weighted by atomic mass is 9.84. The van der Waals surface area contributed by atoms with Crippen LogP contribution >= 0.6 is 23.4 Å². The molecule has 15 heavy (non-hydrogen) atoms. The Labute approximate surface area is 97.6 Å². The summed E-state index contributed by atoms with van der Waals surface area (Å²) < 4.78 is -0.606. The van der Waals surface area contributed by atoms with Gasteiger partial charge in [0.15, 0.2) is 0 Å². The SMILES string of the molecule is O=C(O)C1(Sc2cccc(Cl)c2)CCC1. The number of benzene rings is 1. The first-order valence-electron chi connectivity index (χ1n) is 4.80. The van der Waals surface area contributed by atoms with Crippen LogP contribution in [0.1, 0.15) is 19.3 Å². The summed E-state index contributed by atoms with van der Waals surface area (Å²) in [6.07, 6.45) is 2.50. The van der Waals surface area contributed by atoms with E-state index in [2.05, 4.69) is 0 Å². The Morgan fingerprint density at radius 2 is 2.20 bits per heavy atom. The van der Waals surface area contributed by atoms with Crippen LogP contribution in [0, 0.1) is 0 Å². The van der Waals surface area contributed by atoms with Gasteiger partial charge < -0.3 is 5.11 Å². The van der Waals surface area contributed by atoms with Gasteiger partial charge in [-0.3, -0.25) is 4.79 Å². The zero-order valence-corrected chi connectivity index (χ0v) is 9.64. The summed E-state index contributed by atoms with van der Waals surface area (Å²) in [5.74, 6) is -0.710. The maximum absolute atomic E-state index is 11.1. The molecule has 0 heterocycles. The van der Waals surface area contributed by atoms with E-state index in [0.29, 0.717) is 5.02 Å². The molecule has 0 atom stereocenters. The molecule has 1 saturated carbocycles. The zero-order chi connectivity index (χ0) is 10.9. The first-order valence-corrected chi connectivity index (χ1v) is 6.00. The van der Waals surface area contributed by atoms with E-state index >= 15 is 0 Å².